The van der Waals surface area contributed by atoms with Crippen molar-refractivity contribution in [2.45, 2.75) is 25.7 Å². The lowest BCUT2D eigenvalue weighted by molar-refractivity contribution is -0.113. The van der Waals surface area contributed by atoms with Gasteiger partial charge in [-0.15, -0.1) is 11.8 Å². The molecule has 0 aliphatic carbocycles. The van der Waals surface area contributed by atoms with Gasteiger partial charge in [-0.2, -0.15) is 5.10 Å². The Balaban J connectivity index is 1.85. The lowest BCUT2D eigenvalue weighted by Crippen LogP contribution is -2.15. The highest BCUT2D eigenvalue weighted by Gasteiger charge is 2.09. The molecule has 0 fully saturated rings. The summed E-state index contributed by atoms with van der Waals surface area (Å²) in [7, 11) is 0. The zero-order valence-electron chi connectivity index (χ0n) is 12.4. The molecule has 0 saturated heterocycles. The standard InChI is InChI=1S/C15H19N3O2S/c1-4-20-12-5-7-13(8-6-12)21-9-14(19)16-15-10(2)11(3)17-18-15/h5-8H,4,9H2,1-3H3,(H2,16,17,18,19). The van der Waals surface area contributed by atoms with Crippen LogP contribution in [0, 0.1) is 13.8 Å². The van der Waals surface area contributed by atoms with Crippen molar-refractivity contribution in [1.29, 1.82) is 0 Å². The van der Waals surface area contributed by atoms with Gasteiger partial charge in [0.15, 0.2) is 5.82 Å². The predicted octanol–water partition coefficient (Wildman–Crippen LogP) is 3.16. The number of carbonyl (C=O) groups excluding carboxylic acids is 1. The zero-order chi connectivity index (χ0) is 15.2. The van der Waals surface area contributed by atoms with Crippen LogP contribution in [0.5, 0.6) is 5.75 Å². The molecule has 2 rings (SSSR count). The van der Waals surface area contributed by atoms with E-state index < -0.39 is 0 Å². The Morgan fingerprint density at radius 2 is 2.05 bits per heavy atom. The maximum absolute atomic E-state index is 11.9. The van der Waals surface area contributed by atoms with E-state index in [0.717, 1.165) is 21.9 Å². The van der Waals surface area contributed by atoms with Crippen LogP contribution in [0.15, 0.2) is 29.2 Å². The highest BCUT2D eigenvalue weighted by molar-refractivity contribution is 8.00. The Morgan fingerprint density at radius 1 is 1.33 bits per heavy atom. The molecule has 6 heteroatoms. The summed E-state index contributed by atoms with van der Waals surface area (Å²) in [5.74, 6) is 1.72. The molecular formula is C15H19N3O2S. The van der Waals surface area contributed by atoms with E-state index in [1.807, 2.05) is 45.0 Å². The third kappa shape index (κ3) is 4.26. The van der Waals surface area contributed by atoms with Crippen LogP contribution in [0.3, 0.4) is 0 Å². The van der Waals surface area contributed by atoms with Gasteiger partial charge in [0, 0.05) is 16.2 Å². The number of nitrogens with zero attached hydrogens (tertiary/aromatic N) is 1. The minimum Gasteiger partial charge on any atom is -0.494 e. The van der Waals surface area contributed by atoms with Gasteiger partial charge in [-0.1, -0.05) is 0 Å². The second-order valence-electron chi connectivity index (χ2n) is 4.56. The first-order valence-electron chi connectivity index (χ1n) is 6.77. The van der Waals surface area contributed by atoms with Crippen molar-refractivity contribution >= 4 is 23.5 Å². The first-order chi connectivity index (χ1) is 10.1. The molecular weight excluding hydrogens is 286 g/mol. The van der Waals surface area contributed by atoms with Gasteiger partial charge in [0.05, 0.1) is 12.4 Å². The van der Waals surface area contributed by atoms with E-state index in [4.69, 9.17) is 4.74 Å². The summed E-state index contributed by atoms with van der Waals surface area (Å²) in [6.45, 7) is 6.45. The van der Waals surface area contributed by atoms with E-state index in [-0.39, 0.29) is 5.91 Å². The van der Waals surface area contributed by atoms with Gasteiger partial charge in [0.2, 0.25) is 5.91 Å². The Hall–Kier alpha value is -1.95. The number of hydrogen-bond donors (Lipinski definition) is 2. The third-order valence-corrected chi connectivity index (χ3v) is 4.03. The predicted molar refractivity (Wildman–Crippen MR) is 85.0 cm³/mol. The lowest BCUT2D eigenvalue weighted by atomic mass is 10.3. The number of hydrogen-bond acceptors (Lipinski definition) is 4. The molecule has 0 atom stereocenters. The maximum atomic E-state index is 11.9. The van der Waals surface area contributed by atoms with Crippen LogP contribution in [0.1, 0.15) is 18.2 Å². The molecule has 2 N–H and O–H groups in total. The van der Waals surface area contributed by atoms with Crippen molar-refractivity contribution in [1.82, 2.24) is 10.2 Å². The molecule has 1 aromatic heterocycles. The number of aromatic amines is 1. The molecule has 5 nitrogen and oxygen atoms in total. The monoisotopic (exact) mass is 305 g/mol. The van der Waals surface area contributed by atoms with E-state index in [1.54, 1.807) is 0 Å². The van der Waals surface area contributed by atoms with E-state index in [0.29, 0.717) is 18.2 Å². The minimum atomic E-state index is -0.0662. The van der Waals surface area contributed by atoms with Crippen molar-refractivity contribution in [2.75, 3.05) is 17.7 Å². The van der Waals surface area contributed by atoms with E-state index in [9.17, 15) is 4.79 Å². The summed E-state index contributed by atoms with van der Waals surface area (Å²) >= 11 is 1.48. The molecule has 0 aliphatic rings. The molecule has 2 aromatic rings. The number of nitrogens with one attached hydrogen (secondary N) is 2. The molecule has 0 bridgehead atoms. The number of carbonyl (C=O) groups is 1. The summed E-state index contributed by atoms with van der Waals surface area (Å²) < 4.78 is 5.38. The number of benzene rings is 1. The fraction of sp³-hybridized carbons (Fsp3) is 0.333. The second kappa shape index (κ2) is 7.17. The average molecular weight is 305 g/mol. The Bertz CT molecular complexity index is 608. The van der Waals surface area contributed by atoms with Gasteiger partial charge in [0.1, 0.15) is 5.75 Å². The molecule has 112 valence electrons. The number of anilines is 1. The van der Waals surface area contributed by atoms with Crippen LogP contribution >= 0.6 is 11.8 Å². The van der Waals surface area contributed by atoms with E-state index in [2.05, 4.69) is 15.5 Å². The zero-order valence-corrected chi connectivity index (χ0v) is 13.2. The van der Waals surface area contributed by atoms with Crippen LogP contribution in [0.4, 0.5) is 5.82 Å². The molecule has 0 saturated carbocycles. The molecule has 1 aromatic carbocycles. The number of thioether (sulfide) groups is 1. The van der Waals surface area contributed by atoms with Crippen molar-refractivity contribution in [2.24, 2.45) is 0 Å². The summed E-state index contributed by atoms with van der Waals surface area (Å²) in [6.07, 6.45) is 0. The molecule has 0 radical (unpaired) electrons. The number of aromatic nitrogens is 2. The largest absolute Gasteiger partial charge is 0.494 e. The molecule has 1 heterocycles. The van der Waals surface area contributed by atoms with E-state index >= 15 is 0 Å². The average Bonchev–Trinajstić information content (AvgIpc) is 2.79. The smallest absolute Gasteiger partial charge is 0.235 e. The Kier molecular flexibility index (Phi) is 5.27. The van der Waals surface area contributed by atoms with Gasteiger partial charge >= 0.3 is 0 Å². The van der Waals surface area contributed by atoms with Crippen molar-refractivity contribution in [3.8, 4) is 5.75 Å². The topological polar surface area (TPSA) is 67.0 Å². The number of ether oxygens (including phenoxy) is 1. The van der Waals surface area contributed by atoms with Crippen LogP contribution in [-0.2, 0) is 4.79 Å². The fourth-order valence-corrected chi connectivity index (χ4v) is 2.42. The number of rotatable bonds is 6. The number of H-pyrrole nitrogens is 1. The summed E-state index contributed by atoms with van der Waals surface area (Å²) in [6, 6.07) is 7.72. The fourth-order valence-electron chi connectivity index (χ4n) is 1.72. The lowest BCUT2D eigenvalue weighted by Gasteiger charge is -2.05. The number of aryl methyl sites for hydroxylation is 1. The van der Waals surface area contributed by atoms with Crippen molar-refractivity contribution in [3.05, 3.63) is 35.5 Å². The normalized spacial score (nSPS) is 10.4. The van der Waals surface area contributed by atoms with Gasteiger partial charge < -0.3 is 10.1 Å². The SMILES string of the molecule is CCOc1ccc(SCC(=O)Nc2n[nH]c(C)c2C)cc1. The van der Waals surface area contributed by atoms with Crippen LogP contribution in [-0.4, -0.2) is 28.5 Å². The summed E-state index contributed by atoms with van der Waals surface area (Å²) in [4.78, 5) is 12.9. The van der Waals surface area contributed by atoms with Crippen LogP contribution in [0.25, 0.3) is 0 Å². The van der Waals surface area contributed by atoms with Gasteiger partial charge in [-0.25, -0.2) is 0 Å². The highest BCUT2D eigenvalue weighted by Crippen LogP contribution is 2.22. The first kappa shape index (κ1) is 15.4. The van der Waals surface area contributed by atoms with Crippen molar-refractivity contribution < 1.29 is 9.53 Å². The van der Waals surface area contributed by atoms with Crippen molar-refractivity contribution in [3.63, 3.8) is 0 Å². The van der Waals surface area contributed by atoms with Gasteiger partial charge in [-0.3, -0.25) is 9.89 Å². The molecule has 1 amide bonds. The van der Waals surface area contributed by atoms with Gasteiger partial charge in [0.25, 0.3) is 0 Å². The van der Waals surface area contributed by atoms with Crippen LogP contribution in [0.2, 0.25) is 0 Å². The number of amides is 1. The second-order valence-corrected chi connectivity index (χ2v) is 5.61. The van der Waals surface area contributed by atoms with Gasteiger partial charge in [-0.05, 0) is 45.0 Å². The molecule has 0 spiro atoms. The third-order valence-electron chi connectivity index (χ3n) is 3.02. The first-order valence-corrected chi connectivity index (χ1v) is 7.75. The summed E-state index contributed by atoms with van der Waals surface area (Å²) in [5, 5.41) is 9.71. The van der Waals surface area contributed by atoms with Crippen LogP contribution < -0.4 is 10.1 Å². The Morgan fingerprint density at radius 3 is 2.62 bits per heavy atom. The quantitative estimate of drug-likeness (QED) is 0.805. The maximum Gasteiger partial charge on any atom is 0.235 e. The minimum absolute atomic E-state index is 0.0662. The molecule has 21 heavy (non-hydrogen) atoms. The molecule has 0 unspecified atom stereocenters. The molecule has 0 aliphatic heterocycles. The highest BCUT2D eigenvalue weighted by atomic mass is 32.2. The Labute approximate surface area is 128 Å². The summed E-state index contributed by atoms with van der Waals surface area (Å²) in [5.41, 5.74) is 1.93. The van der Waals surface area contributed by atoms with E-state index in [1.165, 1.54) is 11.8 Å².